The Kier molecular flexibility index (Phi) is 4.46. The highest BCUT2D eigenvalue weighted by molar-refractivity contribution is 5.89. The lowest BCUT2D eigenvalue weighted by atomic mass is 9.87. The minimum Gasteiger partial charge on any atom is -0.382 e. The molecule has 3 nitrogen and oxygen atoms in total. The number of carbonyl (C=O) groups is 1. The van der Waals surface area contributed by atoms with Crippen molar-refractivity contribution in [1.29, 1.82) is 0 Å². The van der Waals surface area contributed by atoms with Crippen molar-refractivity contribution in [1.82, 2.24) is 0 Å². The molecule has 1 saturated carbocycles. The van der Waals surface area contributed by atoms with Gasteiger partial charge >= 0.3 is 0 Å². The molecule has 1 aromatic rings. The lowest BCUT2D eigenvalue weighted by molar-refractivity contribution is -0.114. The zero-order chi connectivity index (χ0) is 13.8. The smallest absolute Gasteiger partial charge is 0.221 e. The van der Waals surface area contributed by atoms with Crippen LogP contribution < -0.4 is 10.6 Å². The third-order valence-corrected chi connectivity index (χ3v) is 3.84. The first-order chi connectivity index (χ1) is 9.04. The van der Waals surface area contributed by atoms with Gasteiger partial charge in [0.15, 0.2) is 0 Å². The summed E-state index contributed by atoms with van der Waals surface area (Å²) in [6.07, 6.45) is 5.20. The van der Waals surface area contributed by atoms with E-state index in [2.05, 4.69) is 29.7 Å². The second-order valence-corrected chi connectivity index (χ2v) is 5.82. The molecule has 1 aromatic carbocycles. The molecule has 19 heavy (non-hydrogen) atoms. The molecule has 0 spiro atoms. The van der Waals surface area contributed by atoms with Crippen molar-refractivity contribution in [3.63, 3.8) is 0 Å². The summed E-state index contributed by atoms with van der Waals surface area (Å²) >= 11 is 0. The first kappa shape index (κ1) is 13.9. The van der Waals surface area contributed by atoms with Gasteiger partial charge in [-0.05, 0) is 49.4 Å². The maximum atomic E-state index is 11.1. The molecule has 1 amide bonds. The van der Waals surface area contributed by atoms with Crippen LogP contribution in [0.1, 0.15) is 45.1 Å². The molecular weight excluding hydrogens is 236 g/mol. The highest BCUT2D eigenvalue weighted by Crippen LogP contribution is 2.27. The van der Waals surface area contributed by atoms with Gasteiger partial charge < -0.3 is 10.6 Å². The van der Waals surface area contributed by atoms with Gasteiger partial charge in [0, 0.05) is 24.3 Å². The van der Waals surface area contributed by atoms with E-state index in [-0.39, 0.29) is 5.91 Å². The Labute approximate surface area is 115 Å². The summed E-state index contributed by atoms with van der Waals surface area (Å²) in [6.45, 7) is 5.90. The molecule has 2 N–H and O–H groups in total. The molecule has 3 heteroatoms. The fourth-order valence-electron chi connectivity index (χ4n) is 2.88. The maximum absolute atomic E-state index is 11.1. The zero-order valence-electron chi connectivity index (χ0n) is 12.1. The Morgan fingerprint density at radius 2 is 2.11 bits per heavy atom. The molecule has 0 bridgehead atoms. The van der Waals surface area contributed by atoms with Crippen LogP contribution in [0.5, 0.6) is 0 Å². The summed E-state index contributed by atoms with van der Waals surface area (Å²) in [5, 5.41) is 6.46. The third kappa shape index (κ3) is 3.98. The van der Waals surface area contributed by atoms with Gasteiger partial charge in [-0.1, -0.05) is 19.8 Å². The summed E-state index contributed by atoms with van der Waals surface area (Å²) in [5.74, 6) is 0.802. The van der Waals surface area contributed by atoms with E-state index in [4.69, 9.17) is 0 Å². The van der Waals surface area contributed by atoms with E-state index in [1.807, 2.05) is 13.0 Å². The van der Waals surface area contributed by atoms with Gasteiger partial charge in [0.2, 0.25) is 5.91 Å². The minimum atomic E-state index is -0.0232. The Balaban J connectivity index is 2.01. The summed E-state index contributed by atoms with van der Waals surface area (Å²) in [7, 11) is 0. The first-order valence-electron chi connectivity index (χ1n) is 7.19. The lowest BCUT2D eigenvalue weighted by Gasteiger charge is -2.28. The van der Waals surface area contributed by atoms with E-state index in [0.29, 0.717) is 6.04 Å². The molecule has 0 radical (unpaired) electrons. The third-order valence-electron chi connectivity index (χ3n) is 3.84. The van der Waals surface area contributed by atoms with Crippen molar-refractivity contribution in [2.24, 2.45) is 5.92 Å². The number of aryl methyl sites for hydroxylation is 1. The average Bonchev–Trinajstić information content (AvgIpc) is 2.32. The van der Waals surface area contributed by atoms with Crippen LogP contribution >= 0.6 is 0 Å². The summed E-state index contributed by atoms with van der Waals surface area (Å²) < 4.78 is 0. The van der Waals surface area contributed by atoms with Crippen molar-refractivity contribution in [2.45, 2.75) is 52.5 Å². The zero-order valence-corrected chi connectivity index (χ0v) is 12.1. The van der Waals surface area contributed by atoms with E-state index in [9.17, 15) is 4.79 Å². The first-order valence-corrected chi connectivity index (χ1v) is 7.19. The van der Waals surface area contributed by atoms with Gasteiger partial charge in [0.1, 0.15) is 0 Å². The second-order valence-electron chi connectivity index (χ2n) is 5.82. The molecule has 1 aliphatic carbocycles. The summed E-state index contributed by atoms with van der Waals surface area (Å²) in [6, 6.07) is 6.74. The van der Waals surface area contributed by atoms with Crippen molar-refractivity contribution < 1.29 is 4.79 Å². The van der Waals surface area contributed by atoms with E-state index in [1.165, 1.54) is 32.6 Å². The molecule has 0 heterocycles. The molecule has 1 fully saturated rings. The molecule has 2 unspecified atom stereocenters. The molecule has 2 rings (SSSR count). The number of hydrogen-bond acceptors (Lipinski definition) is 2. The quantitative estimate of drug-likeness (QED) is 0.864. The molecular formula is C16H24N2O. The monoisotopic (exact) mass is 260 g/mol. The number of carbonyl (C=O) groups excluding carboxylic acids is 1. The number of hydrogen-bond donors (Lipinski definition) is 2. The summed E-state index contributed by atoms with van der Waals surface area (Å²) in [4.78, 5) is 11.1. The summed E-state index contributed by atoms with van der Waals surface area (Å²) in [5.41, 5.74) is 3.16. The van der Waals surface area contributed by atoms with Crippen molar-refractivity contribution in [2.75, 3.05) is 10.6 Å². The number of amides is 1. The van der Waals surface area contributed by atoms with Crippen molar-refractivity contribution in [3.05, 3.63) is 23.8 Å². The predicted molar refractivity (Wildman–Crippen MR) is 80.5 cm³/mol. The van der Waals surface area contributed by atoms with Crippen LogP contribution in [-0.2, 0) is 4.79 Å². The SMILES string of the molecule is CC(=O)Nc1ccc(NC2CCCC(C)C2)cc1C. The normalized spacial score (nSPS) is 22.9. The van der Waals surface area contributed by atoms with Gasteiger partial charge in [-0.2, -0.15) is 0 Å². The van der Waals surface area contributed by atoms with Crippen LogP contribution in [0.15, 0.2) is 18.2 Å². The number of rotatable bonds is 3. The van der Waals surface area contributed by atoms with Crippen LogP contribution in [0, 0.1) is 12.8 Å². The maximum Gasteiger partial charge on any atom is 0.221 e. The van der Waals surface area contributed by atoms with Gasteiger partial charge in [-0.3, -0.25) is 4.79 Å². The molecule has 0 aromatic heterocycles. The van der Waals surface area contributed by atoms with Gasteiger partial charge in [0.25, 0.3) is 0 Å². The van der Waals surface area contributed by atoms with E-state index in [1.54, 1.807) is 0 Å². The van der Waals surface area contributed by atoms with Crippen LogP contribution in [-0.4, -0.2) is 11.9 Å². The number of anilines is 2. The van der Waals surface area contributed by atoms with Crippen LogP contribution in [0.25, 0.3) is 0 Å². The van der Waals surface area contributed by atoms with Crippen molar-refractivity contribution >= 4 is 17.3 Å². The van der Waals surface area contributed by atoms with Crippen LogP contribution in [0.2, 0.25) is 0 Å². The Morgan fingerprint density at radius 1 is 1.32 bits per heavy atom. The number of nitrogens with one attached hydrogen (secondary N) is 2. The fourth-order valence-corrected chi connectivity index (χ4v) is 2.88. The molecule has 1 aliphatic rings. The van der Waals surface area contributed by atoms with E-state index in [0.717, 1.165) is 22.9 Å². The van der Waals surface area contributed by atoms with Crippen LogP contribution in [0.3, 0.4) is 0 Å². The lowest BCUT2D eigenvalue weighted by Crippen LogP contribution is -2.26. The fraction of sp³-hybridized carbons (Fsp3) is 0.562. The van der Waals surface area contributed by atoms with Crippen molar-refractivity contribution in [3.8, 4) is 0 Å². The largest absolute Gasteiger partial charge is 0.382 e. The highest BCUT2D eigenvalue weighted by atomic mass is 16.1. The predicted octanol–water partition coefficient (Wildman–Crippen LogP) is 3.94. The highest BCUT2D eigenvalue weighted by Gasteiger charge is 2.18. The molecule has 2 atom stereocenters. The Morgan fingerprint density at radius 3 is 2.74 bits per heavy atom. The topological polar surface area (TPSA) is 41.1 Å². The Hall–Kier alpha value is -1.51. The molecule has 0 aliphatic heterocycles. The average molecular weight is 260 g/mol. The number of benzene rings is 1. The van der Waals surface area contributed by atoms with Gasteiger partial charge in [-0.25, -0.2) is 0 Å². The molecule has 104 valence electrons. The van der Waals surface area contributed by atoms with E-state index >= 15 is 0 Å². The van der Waals surface area contributed by atoms with E-state index < -0.39 is 0 Å². The standard InChI is InChI=1S/C16H24N2O/c1-11-5-4-6-14(9-11)18-15-7-8-16(12(2)10-15)17-13(3)19/h7-8,10-11,14,18H,4-6,9H2,1-3H3,(H,17,19). The Bertz CT molecular complexity index is 456. The van der Waals surface area contributed by atoms with Crippen LogP contribution in [0.4, 0.5) is 11.4 Å². The minimum absolute atomic E-state index is 0.0232. The van der Waals surface area contributed by atoms with Gasteiger partial charge in [0.05, 0.1) is 0 Å². The molecule has 0 saturated heterocycles. The van der Waals surface area contributed by atoms with Gasteiger partial charge in [-0.15, -0.1) is 0 Å². The second kappa shape index (κ2) is 6.09.